The number of rotatable bonds is 5. The van der Waals surface area contributed by atoms with E-state index in [9.17, 15) is 48.7 Å². The molecule has 0 aromatic rings. The number of aliphatic hydroxyl groups excluding tert-OH is 7. The lowest BCUT2D eigenvalue weighted by molar-refractivity contribution is -0.381. The lowest BCUT2D eigenvalue weighted by atomic mass is 9.97. The van der Waals surface area contributed by atoms with Gasteiger partial charge in [-0.25, -0.2) is 0 Å². The molecule has 0 saturated carbocycles. The van der Waals surface area contributed by atoms with E-state index < -0.39 is 83.6 Å². The van der Waals surface area contributed by atoms with Crippen LogP contribution in [0.25, 0.3) is 0 Å². The third-order valence-electron chi connectivity index (χ3n) is 4.48. The Morgan fingerprint density at radius 3 is 1.81 bits per heavy atom. The van der Waals surface area contributed by atoms with Crippen LogP contribution in [-0.4, -0.2) is 127 Å². The quantitative estimate of drug-likeness (QED) is 0.187. The summed E-state index contributed by atoms with van der Waals surface area (Å²) in [6.07, 6.45) is -18.1. The van der Waals surface area contributed by atoms with Crippen molar-refractivity contribution in [3.8, 4) is 0 Å². The Labute approximate surface area is 152 Å². The van der Waals surface area contributed by atoms with Gasteiger partial charge in [-0.15, -0.1) is 0 Å². The first-order chi connectivity index (χ1) is 12.4. The molecule has 0 aromatic carbocycles. The van der Waals surface area contributed by atoms with Crippen molar-refractivity contribution >= 4 is 10.1 Å². The van der Waals surface area contributed by atoms with E-state index in [0.29, 0.717) is 0 Å². The number of ether oxygens (including phenoxy) is 3. The van der Waals surface area contributed by atoms with Crippen molar-refractivity contribution in [1.29, 1.82) is 0 Å². The van der Waals surface area contributed by atoms with E-state index in [1.165, 1.54) is 0 Å². The molecule has 14 nitrogen and oxygen atoms in total. The second-order valence-electron chi connectivity index (χ2n) is 6.18. The molecule has 10 atom stereocenters. The maximum atomic E-state index is 11.5. The minimum Gasteiger partial charge on any atom is -0.394 e. The molecule has 0 amide bonds. The Balaban J connectivity index is 2.29. The van der Waals surface area contributed by atoms with Gasteiger partial charge in [0, 0.05) is 0 Å². The summed E-state index contributed by atoms with van der Waals surface area (Å²) >= 11 is 0. The van der Waals surface area contributed by atoms with Crippen molar-refractivity contribution in [2.24, 2.45) is 0 Å². The molecule has 0 unspecified atom stereocenters. The molecule has 9 N–H and O–H groups in total. The second kappa shape index (κ2) is 8.07. The molecule has 0 bridgehead atoms. The van der Waals surface area contributed by atoms with Crippen molar-refractivity contribution in [1.82, 2.24) is 0 Å². The molecule has 2 saturated heterocycles. The van der Waals surface area contributed by atoms with Crippen molar-refractivity contribution in [2.45, 2.75) is 60.2 Å². The number of hydrogen-bond acceptors (Lipinski definition) is 13. The van der Waals surface area contributed by atoms with Gasteiger partial charge in [-0.3, -0.25) is 4.55 Å². The topological polar surface area (TPSA) is 244 Å². The fraction of sp³-hybridized carbons (Fsp3) is 1.00. The summed E-state index contributed by atoms with van der Waals surface area (Å²) in [4.78, 5) is -3.63. The lowest BCUT2D eigenvalue weighted by Crippen LogP contribution is -2.71. The van der Waals surface area contributed by atoms with Crippen LogP contribution in [0.3, 0.4) is 0 Å². The van der Waals surface area contributed by atoms with Crippen LogP contribution in [0.2, 0.25) is 0 Å². The van der Waals surface area contributed by atoms with Crippen molar-refractivity contribution in [2.75, 3.05) is 13.2 Å². The Bertz CT molecular complexity index is 611. The molecule has 2 aliphatic heterocycles. The highest BCUT2D eigenvalue weighted by Crippen LogP contribution is 2.36. The Morgan fingerprint density at radius 1 is 0.815 bits per heavy atom. The Hall–Kier alpha value is -0.530. The van der Waals surface area contributed by atoms with Gasteiger partial charge < -0.3 is 55.1 Å². The predicted octanol–water partition coefficient (Wildman–Crippen LogP) is -6.18. The van der Waals surface area contributed by atoms with Gasteiger partial charge in [-0.05, 0) is 0 Å². The SMILES string of the molecule is O=S(=O)(O)[C@@]1(O)[C@@H](O)[C@H](O[C@H]2O[C@H](CO)[C@@H](O)[C@H](O)[C@H]2O)O[C@H](CO)[C@@H]1O. The van der Waals surface area contributed by atoms with Gasteiger partial charge >= 0.3 is 10.1 Å². The first-order valence-corrected chi connectivity index (χ1v) is 9.12. The molecule has 2 aliphatic rings. The van der Waals surface area contributed by atoms with Gasteiger partial charge in [-0.2, -0.15) is 8.42 Å². The summed E-state index contributed by atoms with van der Waals surface area (Å²) in [5.74, 6) is 0. The second-order valence-corrected chi connectivity index (χ2v) is 7.78. The Kier molecular flexibility index (Phi) is 6.80. The zero-order valence-corrected chi connectivity index (χ0v) is 14.4. The minimum atomic E-state index is -5.54. The van der Waals surface area contributed by atoms with Crippen molar-refractivity contribution in [3.05, 3.63) is 0 Å². The van der Waals surface area contributed by atoms with Gasteiger partial charge in [0.05, 0.1) is 13.2 Å². The minimum absolute atomic E-state index is 0.814. The molecule has 0 aliphatic carbocycles. The van der Waals surface area contributed by atoms with E-state index in [1.807, 2.05) is 0 Å². The van der Waals surface area contributed by atoms with Gasteiger partial charge in [0.2, 0.25) is 0 Å². The molecule has 27 heavy (non-hydrogen) atoms. The fourth-order valence-electron chi connectivity index (χ4n) is 2.82. The van der Waals surface area contributed by atoms with E-state index in [-0.39, 0.29) is 0 Å². The summed E-state index contributed by atoms with van der Waals surface area (Å²) in [7, 11) is -5.54. The van der Waals surface area contributed by atoms with E-state index in [1.54, 1.807) is 0 Å². The van der Waals surface area contributed by atoms with Gasteiger partial charge in [0.1, 0.15) is 36.6 Å². The molecular formula is C12H22O14S. The Morgan fingerprint density at radius 2 is 1.33 bits per heavy atom. The number of hydrogen-bond donors (Lipinski definition) is 9. The summed E-state index contributed by atoms with van der Waals surface area (Å²) < 4.78 is 47.1. The monoisotopic (exact) mass is 422 g/mol. The van der Waals surface area contributed by atoms with Crippen LogP contribution in [0.4, 0.5) is 0 Å². The fourth-order valence-corrected chi connectivity index (χ4v) is 3.70. The third kappa shape index (κ3) is 3.84. The third-order valence-corrected chi connectivity index (χ3v) is 5.79. The average Bonchev–Trinajstić information content (AvgIpc) is 2.61. The van der Waals surface area contributed by atoms with Crippen molar-refractivity contribution in [3.63, 3.8) is 0 Å². The van der Waals surface area contributed by atoms with E-state index in [4.69, 9.17) is 19.3 Å². The molecule has 0 aromatic heterocycles. The predicted molar refractivity (Wildman–Crippen MR) is 79.1 cm³/mol. The zero-order chi connectivity index (χ0) is 20.7. The van der Waals surface area contributed by atoms with Gasteiger partial charge in [0.25, 0.3) is 4.93 Å². The molecule has 160 valence electrons. The van der Waals surface area contributed by atoms with Crippen LogP contribution in [0.5, 0.6) is 0 Å². The smallest absolute Gasteiger partial charge is 0.300 e. The van der Waals surface area contributed by atoms with E-state index in [2.05, 4.69) is 0 Å². The van der Waals surface area contributed by atoms with Crippen LogP contribution in [0.1, 0.15) is 0 Å². The molecule has 2 heterocycles. The average molecular weight is 422 g/mol. The van der Waals surface area contributed by atoms with Crippen LogP contribution in [0, 0.1) is 0 Å². The largest absolute Gasteiger partial charge is 0.394 e. The molecule has 15 heteroatoms. The summed E-state index contributed by atoms with van der Waals surface area (Å²) in [5.41, 5.74) is 0. The maximum absolute atomic E-state index is 11.5. The summed E-state index contributed by atoms with van der Waals surface area (Å²) in [6, 6.07) is 0. The van der Waals surface area contributed by atoms with Crippen LogP contribution < -0.4 is 0 Å². The van der Waals surface area contributed by atoms with Crippen molar-refractivity contribution < 1.29 is 68.0 Å². The first-order valence-electron chi connectivity index (χ1n) is 7.68. The molecular weight excluding hydrogens is 400 g/mol. The number of aliphatic hydroxyl groups is 8. The summed E-state index contributed by atoms with van der Waals surface area (Å²) in [6.45, 7) is -1.88. The molecule has 0 spiro atoms. The van der Waals surface area contributed by atoms with Crippen LogP contribution in [-0.2, 0) is 24.3 Å². The lowest BCUT2D eigenvalue weighted by Gasteiger charge is -2.47. The molecule has 2 rings (SSSR count). The van der Waals surface area contributed by atoms with E-state index >= 15 is 0 Å². The van der Waals surface area contributed by atoms with Crippen LogP contribution >= 0.6 is 0 Å². The highest BCUT2D eigenvalue weighted by atomic mass is 32.2. The van der Waals surface area contributed by atoms with E-state index in [0.717, 1.165) is 0 Å². The molecule has 0 radical (unpaired) electrons. The normalized spacial score (nSPS) is 49.1. The zero-order valence-electron chi connectivity index (χ0n) is 13.6. The highest BCUT2D eigenvalue weighted by molar-refractivity contribution is 7.87. The van der Waals surface area contributed by atoms with Gasteiger partial charge in [0.15, 0.2) is 18.7 Å². The molecule has 2 fully saturated rings. The standard InChI is InChI=1S/C12H22O14S/c13-1-3-5(15)6(16)7(17)10(24-3)26-11-9(19)12(20,27(21,22)23)8(18)4(2-14)25-11/h3-11,13-20H,1-2H2,(H,21,22,23)/t3-,4-,5-,6+,7-,8+,9+,10-,11+,12-/m1/s1. The van der Waals surface area contributed by atoms with Gasteiger partial charge in [-0.1, -0.05) is 0 Å². The van der Waals surface area contributed by atoms with Crippen LogP contribution in [0.15, 0.2) is 0 Å². The first kappa shape index (κ1) is 22.8. The maximum Gasteiger partial charge on any atom is 0.300 e. The highest BCUT2D eigenvalue weighted by Gasteiger charge is 2.64. The summed E-state index contributed by atoms with van der Waals surface area (Å²) in [5, 5.41) is 77.7.